The van der Waals surface area contributed by atoms with E-state index in [0.29, 0.717) is 5.69 Å². The topological polar surface area (TPSA) is 125 Å². The molecule has 24 heavy (non-hydrogen) atoms. The summed E-state index contributed by atoms with van der Waals surface area (Å²) in [5, 5.41) is 5.03. The number of nitrogens with one attached hydrogen (secondary N) is 1. The Bertz CT molecular complexity index is 1010. The predicted octanol–water partition coefficient (Wildman–Crippen LogP) is 1.44. The van der Waals surface area contributed by atoms with Crippen molar-refractivity contribution < 1.29 is 22.7 Å². The smallest absolute Gasteiger partial charge is 0.437 e. The summed E-state index contributed by atoms with van der Waals surface area (Å²) in [4.78, 5) is 19.1. The standard InChI is InChI=1S/C12H11N5O5S2/c1-7-3-5-17-10(13-7)14-11(15-17)24(19,20)16-8-4-6-23-9(8)22-12(18)21-2/h3-6,16H,1-2H3. The zero-order chi connectivity index (χ0) is 17.3. The molecular formula is C12H11N5O5S2. The van der Waals surface area contributed by atoms with Crippen LogP contribution in [0.25, 0.3) is 5.78 Å². The average Bonchev–Trinajstić information content (AvgIpc) is 3.13. The Labute approximate surface area is 140 Å². The van der Waals surface area contributed by atoms with E-state index >= 15 is 0 Å². The number of carbonyl (C=O) groups is 1. The van der Waals surface area contributed by atoms with E-state index in [2.05, 4.69) is 24.5 Å². The van der Waals surface area contributed by atoms with Crippen molar-refractivity contribution in [1.82, 2.24) is 19.6 Å². The number of nitrogens with zero attached hydrogens (tertiary/aromatic N) is 4. The first-order chi connectivity index (χ1) is 11.4. The van der Waals surface area contributed by atoms with E-state index in [-0.39, 0.29) is 16.5 Å². The highest BCUT2D eigenvalue weighted by Gasteiger charge is 2.24. The van der Waals surface area contributed by atoms with E-state index < -0.39 is 21.3 Å². The van der Waals surface area contributed by atoms with Crippen LogP contribution in [0, 0.1) is 6.92 Å². The molecule has 0 bridgehead atoms. The van der Waals surface area contributed by atoms with Crippen molar-refractivity contribution >= 4 is 39.0 Å². The van der Waals surface area contributed by atoms with E-state index in [0.717, 1.165) is 18.4 Å². The Morgan fingerprint density at radius 2 is 2.12 bits per heavy atom. The predicted molar refractivity (Wildman–Crippen MR) is 83.7 cm³/mol. The minimum atomic E-state index is -4.08. The van der Waals surface area contributed by atoms with Crippen LogP contribution in [0.2, 0.25) is 0 Å². The maximum atomic E-state index is 12.4. The van der Waals surface area contributed by atoms with Crippen molar-refractivity contribution in [3.63, 3.8) is 0 Å². The van der Waals surface area contributed by atoms with Crippen LogP contribution in [0.5, 0.6) is 5.06 Å². The van der Waals surface area contributed by atoms with Crippen LogP contribution in [-0.2, 0) is 14.8 Å². The molecule has 0 atom stereocenters. The fourth-order valence-electron chi connectivity index (χ4n) is 1.72. The Morgan fingerprint density at radius 1 is 1.33 bits per heavy atom. The summed E-state index contributed by atoms with van der Waals surface area (Å²) < 4.78 is 37.6. The number of hydrogen-bond acceptors (Lipinski definition) is 9. The van der Waals surface area contributed by atoms with Gasteiger partial charge >= 0.3 is 6.16 Å². The molecule has 0 saturated heterocycles. The summed E-state index contributed by atoms with van der Waals surface area (Å²) >= 11 is 1.03. The maximum absolute atomic E-state index is 12.4. The highest BCUT2D eigenvalue weighted by Crippen LogP contribution is 2.33. The molecule has 1 N–H and O–H groups in total. The van der Waals surface area contributed by atoms with E-state index in [9.17, 15) is 13.2 Å². The molecule has 0 saturated carbocycles. The van der Waals surface area contributed by atoms with Gasteiger partial charge in [-0.05, 0) is 24.4 Å². The van der Waals surface area contributed by atoms with E-state index in [4.69, 9.17) is 4.74 Å². The number of rotatable bonds is 4. The fourth-order valence-corrected chi connectivity index (χ4v) is 3.41. The number of methoxy groups -OCH3 is 1. The molecule has 3 aromatic heterocycles. The molecule has 0 aliphatic heterocycles. The van der Waals surface area contributed by atoms with Gasteiger partial charge in [0.05, 0.1) is 7.11 Å². The number of fused-ring (bicyclic) bond motifs is 1. The number of sulfonamides is 1. The Kier molecular flexibility index (Phi) is 4.07. The molecule has 0 spiro atoms. The number of anilines is 1. The number of thiophene rings is 1. The molecule has 10 nitrogen and oxygen atoms in total. The van der Waals surface area contributed by atoms with E-state index in [1.165, 1.54) is 10.6 Å². The van der Waals surface area contributed by atoms with Crippen LogP contribution in [0.4, 0.5) is 10.5 Å². The first-order valence-corrected chi connectivity index (χ1v) is 8.81. The second-order valence-corrected chi connectivity index (χ2v) is 6.95. The lowest BCUT2D eigenvalue weighted by molar-refractivity contribution is 0.123. The number of hydrogen-bond donors (Lipinski definition) is 1. The van der Waals surface area contributed by atoms with Crippen molar-refractivity contribution in [2.75, 3.05) is 11.8 Å². The van der Waals surface area contributed by atoms with Crippen molar-refractivity contribution in [3.05, 3.63) is 29.4 Å². The Balaban J connectivity index is 1.91. The van der Waals surface area contributed by atoms with Crippen molar-refractivity contribution in [2.45, 2.75) is 12.1 Å². The monoisotopic (exact) mass is 369 g/mol. The van der Waals surface area contributed by atoms with Gasteiger partial charge in [0.15, 0.2) is 0 Å². The van der Waals surface area contributed by atoms with Gasteiger partial charge in [-0.2, -0.15) is 13.4 Å². The number of ether oxygens (including phenoxy) is 2. The van der Waals surface area contributed by atoms with Crippen LogP contribution >= 0.6 is 11.3 Å². The van der Waals surface area contributed by atoms with Gasteiger partial charge in [0.2, 0.25) is 5.06 Å². The van der Waals surface area contributed by atoms with Crippen molar-refractivity contribution in [2.24, 2.45) is 0 Å². The number of carbonyl (C=O) groups excluding carboxylic acids is 1. The van der Waals surface area contributed by atoms with Gasteiger partial charge in [0, 0.05) is 11.9 Å². The normalized spacial score (nSPS) is 11.4. The van der Waals surface area contributed by atoms with E-state index in [1.54, 1.807) is 24.6 Å². The van der Waals surface area contributed by atoms with Gasteiger partial charge in [-0.25, -0.2) is 14.3 Å². The highest BCUT2D eigenvalue weighted by molar-refractivity contribution is 7.92. The molecule has 3 heterocycles. The van der Waals surface area contributed by atoms with Crippen LogP contribution < -0.4 is 9.46 Å². The largest absolute Gasteiger partial charge is 0.514 e. The Hall–Kier alpha value is -2.73. The molecule has 126 valence electrons. The van der Waals surface area contributed by atoms with Gasteiger partial charge in [-0.3, -0.25) is 4.72 Å². The molecular weight excluding hydrogens is 358 g/mol. The first-order valence-electron chi connectivity index (χ1n) is 6.45. The molecule has 0 aliphatic carbocycles. The molecule has 0 unspecified atom stereocenters. The molecule has 0 aromatic carbocycles. The zero-order valence-corrected chi connectivity index (χ0v) is 14.1. The lowest BCUT2D eigenvalue weighted by Crippen LogP contribution is -2.15. The summed E-state index contributed by atoms with van der Waals surface area (Å²) in [6, 6.07) is 3.12. The van der Waals surface area contributed by atoms with Gasteiger partial charge in [-0.15, -0.1) is 16.4 Å². The Morgan fingerprint density at radius 3 is 2.88 bits per heavy atom. The van der Waals surface area contributed by atoms with Crippen LogP contribution in [0.15, 0.2) is 28.9 Å². The number of aromatic nitrogens is 4. The lowest BCUT2D eigenvalue weighted by atomic mass is 10.5. The molecule has 0 amide bonds. The molecule has 3 aromatic rings. The molecule has 3 rings (SSSR count). The third kappa shape index (κ3) is 3.14. The van der Waals surface area contributed by atoms with Gasteiger partial charge < -0.3 is 9.47 Å². The lowest BCUT2D eigenvalue weighted by Gasteiger charge is -2.05. The summed E-state index contributed by atoms with van der Waals surface area (Å²) in [6.07, 6.45) is 0.600. The van der Waals surface area contributed by atoms with Crippen molar-refractivity contribution in [3.8, 4) is 5.06 Å². The quantitative estimate of drug-likeness (QED) is 0.685. The molecule has 0 fully saturated rings. The average molecular weight is 369 g/mol. The fraction of sp³-hybridized carbons (Fsp3) is 0.167. The van der Waals surface area contributed by atoms with Gasteiger partial charge in [0.25, 0.3) is 21.0 Å². The summed E-state index contributed by atoms with van der Waals surface area (Å²) in [5.41, 5.74) is 0.756. The van der Waals surface area contributed by atoms with Gasteiger partial charge in [-0.1, -0.05) is 0 Å². The zero-order valence-electron chi connectivity index (χ0n) is 12.5. The third-order valence-corrected chi connectivity index (χ3v) is 4.72. The van der Waals surface area contributed by atoms with Crippen LogP contribution in [0.3, 0.4) is 0 Å². The summed E-state index contributed by atoms with van der Waals surface area (Å²) in [7, 11) is -2.93. The highest BCUT2D eigenvalue weighted by atomic mass is 32.2. The SMILES string of the molecule is COC(=O)Oc1sccc1NS(=O)(=O)c1nc2nc(C)ccn2n1. The second-order valence-electron chi connectivity index (χ2n) is 4.49. The van der Waals surface area contributed by atoms with Crippen molar-refractivity contribution in [1.29, 1.82) is 0 Å². The molecule has 0 aliphatic rings. The third-order valence-electron chi connectivity index (χ3n) is 2.78. The minimum Gasteiger partial charge on any atom is -0.437 e. The van der Waals surface area contributed by atoms with Crippen LogP contribution in [-0.4, -0.2) is 41.3 Å². The van der Waals surface area contributed by atoms with Crippen LogP contribution in [0.1, 0.15) is 5.69 Å². The van der Waals surface area contributed by atoms with Gasteiger partial charge in [0.1, 0.15) is 5.69 Å². The molecule has 12 heteroatoms. The minimum absolute atomic E-state index is 0.0446. The first kappa shape index (κ1) is 16.1. The number of aryl methyl sites for hydroxylation is 1. The summed E-state index contributed by atoms with van der Waals surface area (Å²) in [6.45, 7) is 1.75. The summed E-state index contributed by atoms with van der Waals surface area (Å²) in [5.74, 6) is 0.159. The van der Waals surface area contributed by atoms with E-state index in [1.807, 2.05) is 0 Å². The maximum Gasteiger partial charge on any atom is 0.514 e. The molecule has 0 radical (unpaired) electrons. The second kappa shape index (κ2) is 6.05.